The molecule has 0 spiro atoms. The Balaban J connectivity index is 2.10. The first-order valence-corrected chi connectivity index (χ1v) is 7.43. The lowest BCUT2D eigenvalue weighted by Gasteiger charge is -2.09. The van der Waals surface area contributed by atoms with Gasteiger partial charge in [0.05, 0.1) is 11.0 Å². The van der Waals surface area contributed by atoms with Crippen molar-refractivity contribution in [3.05, 3.63) is 84.4 Å². The summed E-state index contributed by atoms with van der Waals surface area (Å²) in [5.41, 5.74) is 5.66. The lowest BCUT2D eigenvalue weighted by Crippen LogP contribution is -1.96. The first kappa shape index (κ1) is 12.8. The molecule has 1 aromatic heterocycles. The molecule has 0 N–H and O–H groups in total. The Kier molecular flexibility index (Phi) is 3.01. The average molecular weight is 284 g/mol. The van der Waals surface area contributed by atoms with Crippen LogP contribution in [0.15, 0.2) is 78.9 Å². The third-order valence-electron chi connectivity index (χ3n) is 3.93. The van der Waals surface area contributed by atoms with Gasteiger partial charge in [0, 0.05) is 11.3 Å². The molecule has 0 radical (unpaired) electrons. The number of aryl methyl sites for hydroxylation is 1. The fraction of sp³-hybridized carbons (Fsp3) is 0.0500. The summed E-state index contributed by atoms with van der Waals surface area (Å²) in [6, 6.07) is 27.1. The molecule has 0 amide bonds. The van der Waals surface area contributed by atoms with Crippen molar-refractivity contribution in [2.45, 2.75) is 6.92 Å². The lowest BCUT2D eigenvalue weighted by atomic mass is 10.2. The highest BCUT2D eigenvalue weighted by Gasteiger charge is 2.14. The third-order valence-corrected chi connectivity index (χ3v) is 3.93. The monoisotopic (exact) mass is 284 g/mol. The molecule has 0 bridgehead atoms. The van der Waals surface area contributed by atoms with Crippen LogP contribution < -0.4 is 0 Å². The number of nitrogens with zero attached hydrogens (tertiary/aromatic N) is 2. The number of hydrogen-bond donors (Lipinski definition) is 0. The second-order valence-corrected chi connectivity index (χ2v) is 5.42. The summed E-state index contributed by atoms with van der Waals surface area (Å²) in [6.45, 7) is 2.11. The minimum Gasteiger partial charge on any atom is -0.292 e. The molecule has 0 aliphatic rings. The molecular formula is C20H16N2. The molecule has 0 saturated heterocycles. The number of fused-ring (bicyclic) bond motifs is 1. The summed E-state index contributed by atoms with van der Waals surface area (Å²) < 4.78 is 2.23. The maximum atomic E-state index is 4.92. The first-order valence-electron chi connectivity index (χ1n) is 7.43. The smallest absolute Gasteiger partial charge is 0.145 e. The van der Waals surface area contributed by atoms with E-state index in [1.54, 1.807) is 0 Å². The molecule has 0 aliphatic carbocycles. The van der Waals surface area contributed by atoms with Crippen molar-refractivity contribution in [2.24, 2.45) is 0 Å². The highest BCUT2D eigenvalue weighted by atomic mass is 15.1. The minimum absolute atomic E-state index is 0.983. The minimum atomic E-state index is 0.983. The largest absolute Gasteiger partial charge is 0.292 e. The van der Waals surface area contributed by atoms with Crippen molar-refractivity contribution in [1.29, 1.82) is 0 Å². The molecule has 4 rings (SSSR count). The van der Waals surface area contributed by atoms with Crippen LogP contribution in [-0.4, -0.2) is 9.55 Å². The van der Waals surface area contributed by atoms with Gasteiger partial charge in [-0.1, -0.05) is 60.7 Å². The van der Waals surface area contributed by atoms with Gasteiger partial charge in [-0.25, -0.2) is 4.98 Å². The van der Waals surface area contributed by atoms with Crippen LogP contribution in [0.1, 0.15) is 5.56 Å². The predicted molar refractivity (Wildman–Crippen MR) is 91.2 cm³/mol. The van der Waals surface area contributed by atoms with Crippen molar-refractivity contribution < 1.29 is 0 Å². The van der Waals surface area contributed by atoms with Gasteiger partial charge < -0.3 is 0 Å². The van der Waals surface area contributed by atoms with Crippen molar-refractivity contribution in [3.63, 3.8) is 0 Å². The number of hydrogen-bond acceptors (Lipinski definition) is 1. The van der Waals surface area contributed by atoms with E-state index in [1.807, 2.05) is 12.1 Å². The van der Waals surface area contributed by atoms with Crippen molar-refractivity contribution in [3.8, 4) is 17.1 Å². The van der Waals surface area contributed by atoms with Crippen molar-refractivity contribution >= 4 is 11.0 Å². The van der Waals surface area contributed by atoms with E-state index in [9.17, 15) is 0 Å². The Morgan fingerprint density at radius 3 is 2.14 bits per heavy atom. The van der Waals surface area contributed by atoms with Crippen LogP contribution >= 0.6 is 0 Å². The molecule has 0 unspecified atom stereocenters. The number of para-hydroxylation sites is 2. The highest BCUT2D eigenvalue weighted by molar-refractivity contribution is 5.85. The summed E-state index contributed by atoms with van der Waals surface area (Å²) in [7, 11) is 0. The van der Waals surface area contributed by atoms with Crippen LogP contribution in [0.2, 0.25) is 0 Å². The molecule has 0 fully saturated rings. The average Bonchev–Trinajstić information content (AvgIpc) is 2.97. The molecule has 4 aromatic rings. The van der Waals surface area contributed by atoms with Gasteiger partial charge in [0.15, 0.2) is 0 Å². The molecule has 1 heterocycles. The van der Waals surface area contributed by atoms with E-state index in [4.69, 9.17) is 4.98 Å². The van der Waals surface area contributed by atoms with Crippen LogP contribution in [0.5, 0.6) is 0 Å². The summed E-state index contributed by atoms with van der Waals surface area (Å²) in [4.78, 5) is 4.92. The predicted octanol–water partition coefficient (Wildman–Crippen LogP) is 5.00. The number of imidazole rings is 1. The topological polar surface area (TPSA) is 17.8 Å². The Morgan fingerprint density at radius 1 is 0.727 bits per heavy atom. The zero-order valence-electron chi connectivity index (χ0n) is 12.4. The fourth-order valence-corrected chi connectivity index (χ4v) is 2.86. The van der Waals surface area contributed by atoms with Crippen molar-refractivity contribution in [1.82, 2.24) is 9.55 Å². The van der Waals surface area contributed by atoms with Crippen LogP contribution in [0.4, 0.5) is 0 Å². The molecule has 0 atom stereocenters. The van der Waals surface area contributed by atoms with E-state index in [1.165, 1.54) is 5.56 Å². The zero-order chi connectivity index (χ0) is 14.9. The molecular weight excluding hydrogens is 268 g/mol. The van der Waals surface area contributed by atoms with E-state index >= 15 is 0 Å². The standard InChI is InChI=1S/C20H16N2/c1-15-9-8-14-18-19(15)21-20(16-10-4-2-5-11-16)22(18)17-12-6-3-7-13-17/h2-14H,1H3. The van der Waals surface area contributed by atoms with E-state index < -0.39 is 0 Å². The first-order chi connectivity index (χ1) is 10.8. The molecule has 0 saturated carbocycles. The summed E-state index contributed by atoms with van der Waals surface area (Å²) in [5, 5.41) is 0. The zero-order valence-corrected chi connectivity index (χ0v) is 12.4. The van der Waals surface area contributed by atoms with E-state index in [-0.39, 0.29) is 0 Å². The van der Waals surface area contributed by atoms with Gasteiger partial charge in [-0.2, -0.15) is 0 Å². The second kappa shape index (κ2) is 5.15. The maximum absolute atomic E-state index is 4.92. The summed E-state index contributed by atoms with van der Waals surface area (Å²) in [5.74, 6) is 0.983. The normalized spacial score (nSPS) is 11.0. The summed E-state index contributed by atoms with van der Waals surface area (Å²) in [6.07, 6.45) is 0. The van der Waals surface area contributed by atoms with Gasteiger partial charge >= 0.3 is 0 Å². The van der Waals surface area contributed by atoms with Crippen LogP contribution in [0, 0.1) is 6.92 Å². The molecule has 0 aliphatic heterocycles. The molecule has 2 heteroatoms. The number of benzene rings is 3. The molecule has 2 nitrogen and oxygen atoms in total. The molecule has 22 heavy (non-hydrogen) atoms. The van der Waals surface area contributed by atoms with Crippen LogP contribution in [0.25, 0.3) is 28.1 Å². The van der Waals surface area contributed by atoms with Gasteiger partial charge in [-0.3, -0.25) is 4.57 Å². The summed E-state index contributed by atoms with van der Waals surface area (Å²) >= 11 is 0. The molecule has 3 aromatic carbocycles. The van der Waals surface area contributed by atoms with Crippen LogP contribution in [-0.2, 0) is 0 Å². The van der Waals surface area contributed by atoms with Gasteiger partial charge in [0.25, 0.3) is 0 Å². The Bertz CT molecular complexity index is 922. The van der Waals surface area contributed by atoms with E-state index in [0.717, 1.165) is 28.1 Å². The maximum Gasteiger partial charge on any atom is 0.145 e. The quantitative estimate of drug-likeness (QED) is 0.506. The molecule has 106 valence electrons. The Morgan fingerprint density at radius 2 is 1.41 bits per heavy atom. The van der Waals surface area contributed by atoms with Gasteiger partial charge in [-0.05, 0) is 30.7 Å². The Labute approximate surface area is 129 Å². The Hall–Kier alpha value is -2.87. The lowest BCUT2D eigenvalue weighted by molar-refractivity contribution is 1.10. The van der Waals surface area contributed by atoms with Crippen molar-refractivity contribution in [2.75, 3.05) is 0 Å². The third kappa shape index (κ3) is 2.01. The SMILES string of the molecule is Cc1cccc2c1nc(-c1ccccc1)n2-c1ccccc1. The fourth-order valence-electron chi connectivity index (χ4n) is 2.86. The second-order valence-electron chi connectivity index (χ2n) is 5.42. The van der Waals surface area contributed by atoms with Gasteiger partial charge in [0.1, 0.15) is 5.82 Å². The van der Waals surface area contributed by atoms with E-state index in [0.29, 0.717) is 0 Å². The van der Waals surface area contributed by atoms with Gasteiger partial charge in [0.2, 0.25) is 0 Å². The number of rotatable bonds is 2. The highest BCUT2D eigenvalue weighted by Crippen LogP contribution is 2.29. The van der Waals surface area contributed by atoms with E-state index in [2.05, 4.69) is 78.2 Å². The number of aromatic nitrogens is 2. The van der Waals surface area contributed by atoms with Crippen LogP contribution in [0.3, 0.4) is 0 Å². The van der Waals surface area contributed by atoms with Gasteiger partial charge in [-0.15, -0.1) is 0 Å².